The summed E-state index contributed by atoms with van der Waals surface area (Å²) in [7, 11) is 0. The van der Waals surface area contributed by atoms with Crippen LogP contribution in [0.1, 0.15) is 39.3 Å². The van der Waals surface area contributed by atoms with Gasteiger partial charge < -0.3 is 15.0 Å². The van der Waals surface area contributed by atoms with E-state index in [1.807, 2.05) is 12.3 Å². The van der Waals surface area contributed by atoms with Crippen LogP contribution in [0.2, 0.25) is 0 Å². The Kier molecular flexibility index (Phi) is 4.77. The molecule has 0 aromatic carbocycles. The van der Waals surface area contributed by atoms with Crippen molar-refractivity contribution in [1.29, 1.82) is 0 Å². The molecule has 1 N–H and O–H groups in total. The largest absolute Gasteiger partial charge is 0.372 e. The van der Waals surface area contributed by atoms with E-state index in [4.69, 9.17) is 4.74 Å². The van der Waals surface area contributed by atoms with Gasteiger partial charge in [-0.15, -0.1) is 0 Å². The third kappa shape index (κ3) is 3.45. The lowest BCUT2D eigenvalue weighted by atomic mass is 10.1. The third-order valence-electron chi connectivity index (χ3n) is 3.51. The van der Waals surface area contributed by atoms with Crippen LogP contribution in [0.15, 0.2) is 18.3 Å². The second-order valence-electron chi connectivity index (χ2n) is 5.36. The van der Waals surface area contributed by atoms with Gasteiger partial charge in [-0.3, -0.25) is 0 Å². The molecule has 2 rings (SSSR count). The van der Waals surface area contributed by atoms with E-state index in [1.54, 1.807) is 0 Å². The van der Waals surface area contributed by atoms with Crippen molar-refractivity contribution in [2.75, 3.05) is 24.5 Å². The van der Waals surface area contributed by atoms with Gasteiger partial charge in [-0.25, -0.2) is 4.98 Å². The highest BCUT2D eigenvalue weighted by Gasteiger charge is 2.25. The molecule has 4 heteroatoms. The highest BCUT2D eigenvalue weighted by atomic mass is 16.5. The summed E-state index contributed by atoms with van der Waals surface area (Å²) in [5, 5.41) is 3.47. The Bertz CT molecular complexity index is 400. The summed E-state index contributed by atoms with van der Waals surface area (Å²) in [5.41, 5.74) is 1.27. The zero-order valence-corrected chi connectivity index (χ0v) is 12.4. The lowest BCUT2D eigenvalue weighted by Crippen LogP contribution is -2.46. The van der Waals surface area contributed by atoms with E-state index in [9.17, 15) is 0 Å². The van der Waals surface area contributed by atoms with Crippen molar-refractivity contribution in [2.24, 2.45) is 0 Å². The van der Waals surface area contributed by atoms with E-state index >= 15 is 0 Å². The summed E-state index contributed by atoms with van der Waals surface area (Å²) in [6.45, 7) is 11.4. The SMILES string of the molecule is CCNC(C)c1cccnc1N1CC(C)OC(C)C1. The maximum Gasteiger partial charge on any atom is 0.133 e. The summed E-state index contributed by atoms with van der Waals surface area (Å²) >= 11 is 0. The van der Waals surface area contributed by atoms with Gasteiger partial charge in [0.15, 0.2) is 0 Å². The minimum atomic E-state index is 0.257. The van der Waals surface area contributed by atoms with Gasteiger partial charge in [0.25, 0.3) is 0 Å². The second kappa shape index (κ2) is 6.35. The van der Waals surface area contributed by atoms with Gasteiger partial charge in [-0.05, 0) is 33.4 Å². The molecule has 1 fully saturated rings. The molecule has 0 aliphatic carbocycles. The number of nitrogens with one attached hydrogen (secondary N) is 1. The standard InChI is InChI=1S/C15H25N3O/c1-5-16-13(4)14-7-6-8-17-15(14)18-9-11(2)19-12(3)10-18/h6-8,11-13,16H,5,9-10H2,1-4H3. The minimum absolute atomic E-state index is 0.257. The number of hydrogen-bond acceptors (Lipinski definition) is 4. The Labute approximate surface area is 116 Å². The van der Waals surface area contributed by atoms with Crippen molar-refractivity contribution >= 4 is 5.82 Å². The summed E-state index contributed by atoms with van der Waals surface area (Å²) in [4.78, 5) is 6.95. The zero-order chi connectivity index (χ0) is 13.8. The van der Waals surface area contributed by atoms with Crippen molar-refractivity contribution in [2.45, 2.75) is 45.9 Å². The van der Waals surface area contributed by atoms with E-state index < -0.39 is 0 Å². The first kappa shape index (κ1) is 14.3. The van der Waals surface area contributed by atoms with Crippen LogP contribution in [-0.4, -0.2) is 36.8 Å². The number of anilines is 1. The third-order valence-corrected chi connectivity index (χ3v) is 3.51. The number of rotatable bonds is 4. The predicted molar refractivity (Wildman–Crippen MR) is 78.6 cm³/mol. The van der Waals surface area contributed by atoms with Crippen LogP contribution in [0, 0.1) is 0 Å². The molecule has 3 unspecified atom stereocenters. The van der Waals surface area contributed by atoms with Crippen LogP contribution < -0.4 is 10.2 Å². The number of pyridine rings is 1. The first-order valence-electron chi connectivity index (χ1n) is 7.20. The molecule has 0 spiro atoms. The first-order chi connectivity index (χ1) is 9.11. The second-order valence-corrected chi connectivity index (χ2v) is 5.36. The molecule has 0 radical (unpaired) electrons. The van der Waals surface area contributed by atoms with Crippen LogP contribution in [0.5, 0.6) is 0 Å². The van der Waals surface area contributed by atoms with Crippen molar-refractivity contribution in [1.82, 2.24) is 10.3 Å². The summed E-state index contributed by atoms with van der Waals surface area (Å²) in [5.74, 6) is 1.10. The summed E-state index contributed by atoms with van der Waals surface area (Å²) < 4.78 is 5.80. The van der Waals surface area contributed by atoms with Crippen LogP contribution in [0.25, 0.3) is 0 Å². The zero-order valence-electron chi connectivity index (χ0n) is 12.4. The van der Waals surface area contributed by atoms with Crippen molar-refractivity contribution in [3.8, 4) is 0 Å². The molecule has 0 amide bonds. The van der Waals surface area contributed by atoms with Gasteiger partial charge in [0.05, 0.1) is 12.2 Å². The number of nitrogens with zero attached hydrogens (tertiary/aromatic N) is 2. The molecule has 1 aliphatic heterocycles. The van der Waals surface area contributed by atoms with E-state index in [-0.39, 0.29) is 12.2 Å². The Morgan fingerprint density at radius 2 is 2.11 bits per heavy atom. The average Bonchev–Trinajstić information content (AvgIpc) is 2.38. The number of hydrogen-bond donors (Lipinski definition) is 1. The Morgan fingerprint density at radius 1 is 1.42 bits per heavy atom. The molecule has 0 saturated carbocycles. The van der Waals surface area contributed by atoms with Crippen molar-refractivity contribution < 1.29 is 4.74 Å². The van der Waals surface area contributed by atoms with E-state index in [2.05, 4.69) is 49.0 Å². The summed E-state index contributed by atoms with van der Waals surface area (Å²) in [6.07, 6.45) is 2.39. The maximum absolute atomic E-state index is 5.80. The van der Waals surface area contributed by atoms with E-state index in [0.717, 1.165) is 25.5 Å². The monoisotopic (exact) mass is 263 g/mol. The predicted octanol–water partition coefficient (Wildman–Crippen LogP) is 2.37. The van der Waals surface area contributed by atoms with E-state index in [1.165, 1.54) is 5.56 Å². The van der Waals surface area contributed by atoms with Crippen LogP contribution >= 0.6 is 0 Å². The maximum atomic E-state index is 5.80. The number of morpholine rings is 1. The first-order valence-corrected chi connectivity index (χ1v) is 7.20. The van der Waals surface area contributed by atoms with Gasteiger partial charge in [-0.1, -0.05) is 13.0 Å². The fraction of sp³-hybridized carbons (Fsp3) is 0.667. The van der Waals surface area contributed by atoms with Gasteiger partial charge in [-0.2, -0.15) is 0 Å². The Balaban J connectivity index is 2.23. The quantitative estimate of drug-likeness (QED) is 0.905. The average molecular weight is 263 g/mol. The molecule has 4 nitrogen and oxygen atoms in total. The normalized spacial score (nSPS) is 25.4. The lowest BCUT2D eigenvalue weighted by Gasteiger charge is -2.37. The van der Waals surface area contributed by atoms with Crippen LogP contribution in [0.4, 0.5) is 5.82 Å². The molecule has 19 heavy (non-hydrogen) atoms. The molecule has 1 aromatic heterocycles. The molecular weight excluding hydrogens is 238 g/mol. The highest BCUT2D eigenvalue weighted by molar-refractivity contribution is 5.49. The van der Waals surface area contributed by atoms with Gasteiger partial charge in [0.2, 0.25) is 0 Å². The number of ether oxygens (including phenoxy) is 1. The van der Waals surface area contributed by atoms with Crippen molar-refractivity contribution in [3.05, 3.63) is 23.9 Å². The molecular formula is C15H25N3O. The highest BCUT2D eigenvalue weighted by Crippen LogP contribution is 2.26. The van der Waals surface area contributed by atoms with Gasteiger partial charge in [0.1, 0.15) is 5.82 Å². The van der Waals surface area contributed by atoms with Gasteiger partial charge >= 0.3 is 0 Å². The summed E-state index contributed by atoms with van der Waals surface area (Å²) in [6, 6.07) is 4.50. The van der Waals surface area contributed by atoms with E-state index in [0.29, 0.717) is 6.04 Å². The Hall–Kier alpha value is -1.13. The lowest BCUT2D eigenvalue weighted by molar-refractivity contribution is -0.00553. The molecule has 2 heterocycles. The van der Waals surface area contributed by atoms with Crippen molar-refractivity contribution in [3.63, 3.8) is 0 Å². The topological polar surface area (TPSA) is 37.4 Å². The molecule has 1 saturated heterocycles. The molecule has 0 bridgehead atoms. The molecule has 3 atom stereocenters. The number of aromatic nitrogens is 1. The fourth-order valence-electron chi connectivity index (χ4n) is 2.78. The smallest absolute Gasteiger partial charge is 0.133 e. The molecule has 1 aromatic rings. The van der Waals surface area contributed by atoms with Crippen LogP contribution in [0.3, 0.4) is 0 Å². The molecule has 1 aliphatic rings. The Morgan fingerprint density at radius 3 is 2.74 bits per heavy atom. The minimum Gasteiger partial charge on any atom is -0.372 e. The fourth-order valence-corrected chi connectivity index (χ4v) is 2.78. The molecule has 106 valence electrons. The van der Waals surface area contributed by atoms with Gasteiger partial charge in [0, 0.05) is 30.9 Å². The van der Waals surface area contributed by atoms with Crippen LogP contribution in [-0.2, 0) is 4.74 Å².